The highest BCUT2D eigenvalue weighted by Gasteiger charge is 2.10. The lowest BCUT2D eigenvalue weighted by Crippen LogP contribution is -2.32. The van der Waals surface area contributed by atoms with Crippen LogP contribution in [0.15, 0.2) is 22.9 Å². The van der Waals surface area contributed by atoms with Gasteiger partial charge in [0.25, 0.3) is 0 Å². The molecule has 16 heavy (non-hydrogen) atoms. The zero-order valence-corrected chi connectivity index (χ0v) is 11.9. The van der Waals surface area contributed by atoms with Gasteiger partial charge in [-0.25, -0.2) is 0 Å². The Labute approximate surface area is 110 Å². The third-order valence-corrected chi connectivity index (χ3v) is 3.04. The molecule has 5 heteroatoms. The molecule has 0 bridgehead atoms. The van der Waals surface area contributed by atoms with E-state index in [0.29, 0.717) is 11.0 Å². The first-order valence-corrected chi connectivity index (χ1v) is 6.27. The monoisotopic (exact) mass is 301 g/mol. The first-order valence-electron chi connectivity index (χ1n) is 5.07. The van der Waals surface area contributed by atoms with Crippen LogP contribution < -0.4 is 5.73 Å². The van der Waals surface area contributed by atoms with Crippen LogP contribution in [0.5, 0.6) is 0 Å². The predicted octanol–water partition coefficient (Wildman–Crippen LogP) is 2.34. The fourth-order valence-electron chi connectivity index (χ4n) is 1.43. The maximum Gasteiger partial charge on any atom is 0.0742 e. The highest BCUT2D eigenvalue weighted by molar-refractivity contribution is 9.10. The summed E-state index contributed by atoms with van der Waals surface area (Å²) < 4.78 is 1.00. The molecule has 0 fully saturated rings. The van der Waals surface area contributed by atoms with Crippen molar-refractivity contribution in [3.8, 4) is 0 Å². The van der Waals surface area contributed by atoms with Crippen molar-refractivity contribution in [2.24, 2.45) is 5.73 Å². The Kier molecular flexibility index (Phi) is 5.31. The molecular formula is C11H16BrN3S. The first kappa shape index (κ1) is 13.5. The van der Waals surface area contributed by atoms with Crippen LogP contribution in [0.1, 0.15) is 18.9 Å². The minimum atomic E-state index is 0.344. The molecule has 1 unspecified atom stereocenters. The van der Waals surface area contributed by atoms with E-state index >= 15 is 0 Å². The Balaban J connectivity index is 2.56. The lowest BCUT2D eigenvalue weighted by atomic mass is 10.2. The molecular weight excluding hydrogens is 286 g/mol. The lowest BCUT2D eigenvalue weighted by Gasteiger charge is -2.24. The topological polar surface area (TPSA) is 42.1 Å². The summed E-state index contributed by atoms with van der Waals surface area (Å²) in [5, 5.41) is 0. The van der Waals surface area contributed by atoms with Gasteiger partial charge in [0.15, 0.2) is 0 Å². The highest BCUT2D eigenvalue weighted by atomic mass is 79.9. The van der Waals surface area contributed by atoms with Gasteiger partial charge in [-0.15, -0.1) is 0 Å². The first-order chi connectivity index (χ1) is 7.49. The molecule has 0 aliphatic rings. The molecule has 0 radical (unpaired) electrons. The van der Waals surface area contributed by atoms with Gasteiger partial charge in [-0.05, 0) is 41.5 Å². The largest absolute Gasteiger partial charge is 0.393 e. The zero-order valence-electron chi connectivity index (χ0n) is 9.48. The maximum atomic E-state index is 5.53. The number of pyridine rings is 1. The van der Waals surface area contributed by atoms with Crippen LogP contribution in [0.2, 0.25) is 0 Å². The second kappa shape index (κ2) is 6.27. The van der Waals surface area contributed by atoms with Gasteiger partial charge in [0, 0.05) is 35.9 Å². The minimum absolute atomic E-state index is 0.344. The molecule has 0 spiro atoms. The SMILES string of the molecule is CC(CC(N)=S)N(C)Cc1cncc(Br)c1. The third-order valence-electron chi connectivity index (χ3n) is 2.44. The Morgan fingerprint density at radius 2 is 2.31 bits per heavy atom. The Morgan fingerprint density at radius 1 is 1.62 bits per heavy atom. The normalized spacial score (nSPS) is 12.8. The number of hydrogen-bond donors (Lipinski definition) is 1. The molecule has 1 heterocycles. The van der Waals surface area contributed by atoms with Crippen molar-refractivity contribution in [1.29, 1.82) is 0 Å². The number of hydrogen-bond acceptors (Lipinski definition) is 3. The Morgan fingerprint density at radius 3 is 2.88 bits per heavy atom. The molecule has 1 rings (SSSR count). The van der Waals surface area contributed by atoms with Crippen molar-refractivity contribution >= 4 is 33.1 Å². The molecule has 3 nitrogen and oxygen atoms in total. The summed E-state index contributed by atoms with van der Waals surface area (Å²) >= 11 is 8.32. The van der Waals surface area contributed by atoms with Gasteiger partial charge in [-0.2, -0.15) is 0 Å². The average Bonchev–Trinajstić information content (AvgIpc) is 2.16. The van der Waals surface area contributed by atoms with E-state index in [1.54, 1.807) is 6.20 Å². The van der Waals surface area contributed by atoms with E-state index in [0.717, 1.165) is 17.4 Å². The van der Waals surface area contributed by atoms with Crippen LogP contribution in [0.25, 0.3) is 0 Å². The molecule has 88 valence electrons. The van der Waals surface area contributed by atoms with Gasteiger partial charge >= 0.3 is 0 Å². The Hall–Kier alpha value is -0.520. The van der Waals surface area contributed by atoms with E-state index in [1.165, 1.54) is 5.56 Å². The number of rotatable bonds is 5. The lowest BCUT2D eigenvalue weighted by molar-refractivity contribution is 0.255. The molecule has 0 saturated heterocycles. The molecule has 1 atom stereocenters. The third kappa shape index (κ3) is 4.55. The number of nitrogens with two attached hydrogens (primary N) is 1. The quantitative estimate of drug-likeness (QED) is 0.848. The number of thiocarbonyl (C=S) groups is 1. The second-order valence-corrected chi connectivity index (χ2v) is 5.39. The molecule has 0 saturated carbocycles. The minimum Gasteiger partial charge on any atom is -0.393 e. The fraction of sp³-hybridized carbons (Fsp3) is 0.455. The summed E-state index contributed by atoms with van der Waals surface area (Å²) in [5.41, 5.74) is 6.71. The second-order valence-electron chi connectivity index (χ2n) is 3.95. The molecule has 0 aliphatic carbocycles. The fourth-order valence-corrected chi connectivity index (χ4v) is 2.09. The van der Waals surface area contributed by atoms with Crippen LogP contribution >= 0.6 is 28.1 Å². The molecule has 2 N–H and O–H groups in total. The van der Waals surface area contributed by atoms with Crippen molar-refractivity contribution in [3.05, 3.63) is 28.5 Å². The van der Waals surface area contributed by atoms with E-state index in [2.05, 4.69) is 45.9 Å². The van der Waals surface area contributed by atoms with Crippen LogP contribution in [-0.4, -0.2) is 28.0 Å². The van der Waals surface area contributed by atoms with Crippen LogP contribution in [-0.2, 0) is 6.54 Å². The zero-order chi connectivity index (χ0) is 12.1. The van der Waals surface area contributed by atoms with Crippen molar-refractivity contribution in [1.82, 2.24) is 9.88 Å². The summed E-state index contributed by atoms with van der Waals surface area (Å²) in [4.78, 5) is 6.91. The number of nitrogens with zero attached hydrogens (tertiary/aromatic N) is 2. The standard InChI is InChI=1S/C11H16BrN3S/c1-8(3-11(13)16)15(2)7-9-4-10(12)6-14-5-9/h4-6,8H,3,7H2,1-2H3,(H2,13,16). The van der Waals surface area contributed by atoms with Gasteiger partial charge in [-0.1, -0.05) is 12.2 Å². The maximum absolute atomic E-state index is 5.53. The predicted molar refractivity (Wildman–Crippen MR) is 74.3 cm³/mol. The van der Waals surface area contributed by atoms with Crippen molar-refractivity contribution in [3.63, 3.8) is 0 Å². The summed E-state index contributed by atoms with van der Waals surface area (Å²) in [7, 11) is 2.06. The summed E-state index contributed by atoms with van der Waals surface area (Å²) in [5.74, 6) is 0. The molecule has 1 aromatic heterocycles. The molecule has 0 aromatic carbocycles. The van der Waals surface area contributed by atoms with E-state index in [-0.39, 0.29) is 0 Å². The smallest absolute Gasteiger partial charge is 0.0742 e. The average molecular weight is 302 g/mol. The summed E-state index contributed by atoms with van der Waals surface area (Å²) in [6.07, 6.45) is 4.39. The van der Waals surface area contributed by atoms with Gasteiger partial charge < -0.3 is 5.73 Å². The van der Waals surface area contributed by atoms with E-state index < -0.39 is 0 Å². The van der Waals surface area contributed by atoms with Crippen LogP contribution in [0.4, 0.5) is 0 Å². The number of halogens is 1. The summed E-state index contributed by atoms with van der Waals surface area (Å²) in [6.45, 7) is 2.96. The van der Waals surface area contributed by atoms with Crippen molar-refractivity contribution in [2.75, 3.05) is 7.05 Å². The van der Waals surface area contributed by atoms with Gasteiger partial charge in [0.1, 0.15) is 0 Å². The van der Waals surface area contributed by atoms with E-state index in [9.17, 15) is 0 Å². The Bertz CT molecular complexity index is 370. The molecule has 1 aromatic rings. The number of aromatic nitrogens is 1. The molecule has 0 aliphatic heterocycles. The van der Waals surface area contributed by atoms with Gasteiger partial charge in [0.2, 0.25) is 0 Å². The van der Waals surface area contributed by atoms with Crippen molar-refractivity contribution in [2.45, 2.75) is 25.9 Å². The van der Waals surface area contributed by atoms with Gasteiger partial charge in [-0.3, -0.25) is 9.88 Å². The molecule has 0 amide bonds. The van der Waals surface area contributed by atoms with Crippen LogP contribution in [0, 0.1) is 0 Å². The van der Waals surface area contributed by atoms with Crippen molar-refractivity contribution < 1.29 is 0 Å². The van der Waals surface area contributed by atoms with E-state index in [4.69, 9.17) is 18.0 Å². The van der Waals surface area contributed by atoms with E-state index in [1.807, 2.05) is 6.20 Å². The summed E-state index contributed by atoms with van der Waals surface area (Å²) in [6, 6.07) is 2.41. The highest BCUT2D eigenvalue weighted by Crippen LogP contribution is 2.13. The van der Waals surface area contributed by atoms with Crippen LogP contribution in [0.3, 0.4) is 0 Å². The van der Waals surface area contributed by atoms with Gasteiger partial charge in [0.05, 0.1) is 4.99 Å².